The van der Waals surface area contributed by atoms with Crippen molar-refractivity contribution >= 4 is 35.5 Å². The number of likely N-dealkylation sites (tertiary alicyclic amines) is 2. The smallest absolute Gasteiger partial charge is 0.407 e. The van der Waals surface area contributed by atoms with E-state index in [1.807, 2.05) is 43.7 Å². The SMILES string of the molecule is COC(=O)N[C@H](C(=O)N1CCC[C@H]1C1=NC2(COC2)c2ccc(-c3ccc(-c4ccc(-c5cnc([C@@H]6CCCN6C(=O)[C@@H](NC(=O)OC)C(C)C)[nH]5)cc4)cc3)cc2N1)C(C)C. The number of rotatable bonds is 11. The molecule has 3 saturated heterocycles. The average Bonchev–Trinajstić information content (AvgIpc) is 4.08. The summed E-state index contributed by atoms with van der Waals surface area (Å²) in [5, 5.41) is 9.06. The van der Waals surface area contributed by atoms with Gasteiger partial charge in [0.15, 0.2) is 0 Å². The van der Waals surface area contributed by atoms with Gasteiger partial charge in [-0.25, -0.2) is 14.6 Å². The summed E-state index contributed by atoms with van der Waals surface area (Å²) in [6.07, 6.45) is 3.78. The lowest BCUT2D eigenvalue weighted by Crippen LogP contribution is -2.56. The van der Waals surface area contributed by atoms with E-state index in [2.05, 4.69) is 87.7 Å². The van der Waals surface area contributed by atoms with E-state index < -0.39 is 29.8 Å². The Morgan fingerprint density at radius 1 is 0.726 bits per heavy atom. The van der Waals surface area contributed by atoms with Crippen molar-refractivity contribution in [1.29, 1.82) is 0 Å². The molecule has 4 aromatic rings. The van der Waals surface area contributed by atoms with Crippen LogP contribution in [0.25, 0.3) is 33.5 Å². The number of alkyl carbamates (subject to hydrolysis) is 2. The van der Waals surface area contributed by atoms with E-state index in [-0.39, 0.29) is 35.7 Å². The summed E-state index contributed by atoms with van der Waals surface area (Å²) < 4.78 is 15.3. The highest BCUT2D eigenvalue weighted by Gasteiger charge is 2.47. The Kier molecular flexibility index (Phi) is 12.1. The third-order valence-electron chi connectivity index (χ3n) is 12.6. The number of nitrogens with one attached hydrogen (secondary N) is 4. The number of anilines is 1. The number of H-pyrrole nitrogens is 1. The molecule has 0 radical (unpaired) electrons. The van der Waals surface area contributed by atoms with Gasteiger partial charge in [0.1, 0.15) is 29.3 Å². The zero-order valence-electron chi connectivity index (χ0n) is 36.2. The maximum Gasteiger partial charge on any atom is 0.407 e. The van der Waals surface area contributed by atoms with E-state index in [1.54, 1.807) is 0 Å². The summed E-state index contributed by atoms with van der Waals surface area (Å²) in [6.45, 7) is 9.73. The van der Waals surface area contributed by atoms with Crippen molar-refractivity contribution < 1.29 is 33.4 Å². The highest BCUT2D eigenvalue weighted by molar-refractivity contribution is 6.05. The summed E-state index contributed by atoms with van der Waals surface area (Å²) in [5.74, 6) is 0.953. The lowest BCUT2D eigenvalue weighted by Gasteiger charge is -2.44. The zero-order chi connectivity index (χ0) is 43.7. The lowest BCUT2D eigenvalue weighted by atomic mass is 9.84. The second kappa shape index (κ2) is 17.6. The first-order valence-corrected chi connectivity index (χ1v) is 21.5. The van der Waals surface area contributed by atoms with Crippen molar-refractivity contribution in [1.82, 2.24) is 30.4 Å². The van der Waals surface area contributed by atoms with E-state index in [9.17, 15) is 19.2 Å². The van der Waals surface area contributed by atoms with Crippen LogP contribution in [0.4, 0.5) is 15.3 Å². The van der Waals surface area contributed by atoms with Crippen LogP contribution in [0, 0.1) is 11.8 Å². The average molecular weight is 845 g/mol. The van der Waals surface area contributed by atoms with E-state index in [4.69, 9.17) is 24.2 Å². The number of amides is 4. The number of imidazole rings is 1. The molecule has 15 heteroatoms. The topological polar surface area (TPSA) is 180 Å². The number of nitrogens with zero attached hydrogens (tertiary/aromatic N) is 4. The molecule has 4 N–H and O–H groups in total. The van der Waals surface area contributed by atoms with Crippen LogP contribution in [-0.2, 0) is 29.3 Å². The number of aromatic amines is 1. The quantitative estimate of drug-likeness (QED) is 0.125. The van der Waals surface area contributed by atoms with Gasteiger partial charge in [-0.2, -0.15) is 0 Å². The van der Waals surface area contributed by atoms with Crippen LogP contribution in [0.15, 0.2) is 77.9 Å². The molecule has 0 saturated carbocycles. The minimum Gasteiger partial charge on any atom is -0.453 e. The number of benzene rings is 3. The molecule has 0 unspecified atom stereocenters. The minimum absolute atomic E-state index is 0.108. The molecular weight excluding hydrogens is 789 g/mol. The van der Waals surface area contributed by atoms with Crippen molar-refractivity contribution in [2.24, 2.45) is 16.8 Å². The number of amidine groups is 1. The van der Waals surface area contributed by atoms with Crippen LogP contribution < -0.4 is 16.0 Å². The fourth-order valence-electron chi connectivity index (χ4n) is 9.10. The van der Waals surface area contributed by atoms with Crippen LogP contribution >= 0.6 is 0 Å². The number of carbonyl (C=O) groups excluding carboxylic acids is 4. The fraction of sp³-hybridized carbons (Fsp3) is 0.447. The van der Waals surface area contributed by atoms with Gasteiger partial charge in [0, 0.05) is 24.3 Å². The van der Waals surface area contributed by atoms with Crippen LogP contribution in [0.1, 0.15) is 70.8 Å². The molecule has 5 heterocycles. The summed E-state index contributed by atoms with van der Waals surface area (Å²) >= 11 is 0. The Morgan fingerprint density at radius 3 is 1.74 bits per heavy atom. The number of ether oxygens (including phenoxy) is 3. The highest BCUT2D eigenvalue weighted by Crippen LogP contribution is 2.44. The molecule has 4 aliphatic heterocycles. The minimum atomic E-state index is -0.714. The maximum absolute atomic E-state index is 13.9. The molecule has 8 rings (SSSR count). The molecule has 15 nitrogen and oxygen atoms in total. The van der Waals surface area contributed by atoms with Crippen molar-refractivity contribution in [3.8, 4) is 33.5 Å². The first-order chi connectivity index (χ1) is 29.9. The van der Waals surface area contributed by atoms with E-state index in [0.29, 0.717) is 26.3 Å². The van der Waals surface area contributed by atoms with E-state index >= 15 is 0 Å². The first-order valence-electron chi connectivity index (χ1n) is 21.5. The number of fused-ring (bicyclic) bond motifs is 2. The molecule has 3 aromatic carbocycles. The van der Waals surface area contributed by atoms with Crippen molar-refractivity contribution in [2.45, 2.75) is 83.1 Å². The molecule has 1 spiro atoms. The normalized spacial score (nSPS) is 19.9. The Labute approximate surface area is 362 Å². The van der Waals surface area contributed by atoms with E-state index in [0.717, 1.165) is 82.1 Å². The van der Waals surface area contributed by atoms with Crippen LogP contribution in [0.3, 0.4) is 0 Å². The Hall–Kier alpha value is -6.22. The summed E-state index contributed by atoms with van der Waals surface area (Å²) in [4.78, 5) is 68.6. The highest BCUT2D eigenvalue weighted by atomic mass is 16.5. The molecule has 1 aromatic heterocycles. The molecule has 4 atom stereocenters. The maximum atomic E-state index is 13.9. The number of methoxy groups -OCH3 is 2. The van der Waals surface area contributed by atoms with Crippen molar-refractivity contribution in [3.05, 3.63) is 84.3 Å². The van der Waals surface area contributed by atoms with Crippen LogP contribution in [0.2, 0.25) is 0 Å². The van der Waals surface area contributed by atoms with Gasteiger partial charge in [-0.1, -0.05) is 88.4 Å². The molecule has 326 valence electrons. The van der Waals surface area contributed by atoms with Gasteiger partial charge in [0.05, 0.1) is 51.4 Å². The first kappa shape index (κ1) is 42.5. The lowest BCUT2D eigenvalue weighted by molar-refractivity contribution is -0.135. The predicted molar refractivity (Wildman–Crippen MR) is 235 cm³/mol. The Bertz CT molecular complexity index is 2340. The van der Waals surface area contributed by atoms with Gasteiger partial charge in [0.2, 0.25) is 11.8 Å². The summed E-state index contributed by atoms with van der Waals surface area (Å²) in [5.41, 5.74) is 7.61. The van der Waals surface area contributed by atoms with Crippen molar-refractivity contribution in [2.75, 3.05) is 45.8 Å². The molecule has 3 fully saturated rings. The van der Waals surface area contributed by atoms with Gasteiger partial charge in [0.25, 0.3) is 0 Å². The molecule has 4 aliphatic rings. The number of hydrogen-bond donors (Lipinski definition) is 4. The van der Waals surface area contributed by atoms with Crippen LogP contribution in [-0.4, -0.2) is 108 Å². The molecule has 62 heavy (non-hydrogen) atoms. The summed E-state index contributed by atoms with van der Waals surface area (Å²) in [6, 6.07) is 21.4. The molecular formula is C47H56N8O7. The number of aromatic nitrogens is 2. The third kappa shape index (κ3) is 8.25. The van der Waals surface area contributed by atoms with Gasteiger partial charge >= 0.3 is 12.2 Å². The fourth-order valence-corrected chi connectivity index (χ4v) is 9.10. The van der Waals surface area contributed by atoms with E-state index in [1.165, 1.54) is 14.2 Å². The standard InChI is InChI=1S/C47H56N8O7/c1-27(2)39(51-45(58)60-5)43(56)54-21-7-9-37(54)41-48-24-36(50-41)32-17-15-30(16-18-32)29-11-13-31(14-12-29)33-19-20-34-35(23-33)49-42(53-47(34)25-62-26-47)38-10-8-22-55(38)44(57)40(28(3)4)52-46(59)61-6/h11-20,23-24,27-28,37-40H,7-10,21-22,25-26H2,1-6H3,(H,48,50)(H,49,53)(H,51,58)(H,52,59)/t37-,38-,39-,40-/m0/s1. The van der Waals surface area contributed by atoms with Gasteiger partial charge in [-0.3, -0.25) is 14.6 Å². The second-order valence-corrected chi connectivity index (χ2v) is 17.3. The predicted octanol–water partition coefficient (Wildman–Crippen LogP) is 6.88. The molecule has 0 bridgehead atoms. The number of hydrogen-bond acceptors (Lipinski definition) is 10. The Morgan fingerprint density at radius 2 is 1.23 bits per heavy atom. The van der Waals surface area contributed by atoms with Gasteiger partial charge in [-0.05, 0) is 71.4 Å². The van der Waals surface area contributed by atoms with Gasteiger partial charge < -0.3 is 44.9 Å². The Balaban J connectivity index is 0.955. The number of aliphatic imine (C=N–C) groups is 1. The monoisotopic (exact) mass is 844 g/mol. The van der Waals surface area contributed by atoms with Crippen molar-refractivity contribution in [3.63, 3.8) is 0 Å². The second-order valence-electron chi connectivity index (χ2n) is 17.3. The zero-order valence-corrected chi connectivity index (χ0v) is 36.2. The van der Waals surface area contributed by atoms with Crippen LogP contribution in [0.5, 0.6) is 0 Å². The number of carbonyl (C=O) groups is 4. The largest absolute Gasteiger partial charge is 0.453 e. The molecule has 0 aliphatic carbocycles. The molecule has 4 amide bonds. The summed E-state index contributed by atoms with van der Waals surface area (Å²) in [7, 11) is 2.59. The third-order valence-corrected chi connectivity index (χ3v) is 12.6. The van der Waals surface area contributed by atoms with Gasteiger partial charge in [-0.15, -0.1) is 0 Å².